The molecule has 0 heterocycles. The minimum atomic E-state index is 0.560. The summed E-state index contributed by atoms with van der Waals surface area (Å²) in [5.41, 5.74) is 5.20. The zero-order chi connectivity index (χ0) is 15.0. The van der Waals surface area contributed by atoms with Crippen molar-refractivity contribution in [2.75, 3.05) is 0 Å². The summed E-state index contributed by atoms with van der Waals surface area (Å²) in [6.07, 6.45) is 10.5. The lowest BCUT2D eigenvalue weighted by molar-refractivity contribution is 0.461. The van der Waals surface area contributed by atoms with Crippen molar-refractivity contribution >= 4 is 0 Å². The Morgan fingerprint density at radius 2 is 1.30 bits per heavy atom. The Morgan fingerprint density at radius 3 is 1.85 bits per heavy atom. The Kier molecular flexibility index (Phi) is 7.72. The first kappa shape index (κ1) is 17.1. The van der Waals surface area contributed by atoms with Crippen molar-refractivity contribution in [3.63, 3.8) is 0 Å². The number of unbranched alkanes of at least 4 members (excludes halogenated alkanes) is 3. The molecule has 1 aromatic carbocycles. The van der Waals surface area contributed by atoms with Crippen LogP contribution in [0, 0.1) is 6.92 Å². The number of hydrogen-bond acceptors (Lipinski definition) is 1. The maximum atomic E-state index is 10.5. The van der Waals surface area contributed by atoms with E-state index in [2.05, 4.69) is 33.8 Å². The second kappa shape index (κ2) is 9.05. The summed E-state index contributed by atoms with van der Waals surface area (Å²) in [4.78, 5) is 0. The average molecular weight is 276 g/mol. The van der Waals surface area contributed by atoms with Crippen LogP contribution in [0.5, 0.6) is 5.75 Å². The van der Waals surface area contributed by atoms with E-state index in [4.69, 9.17) is 0 Å². The summed E-state index contributed by atoms with van der Waals surface area (Å²) >= 11 is 0. The molecule has 114 valence electrons. The summed E-state index contributed by atoms with van der Waals surface area (Å²) in [5.74, 6) is 0.560. The largest absolute Gasteiger partial charge is 0.507 e. The van der Waals surface area contributed by atoms with Gasteiger partial charge in [0.2, 0.25) is 0 Å². The molecule has 0 saturated heterocycles. The quantitative estimate of drug-likeness (QED) is 0.611. The summed E-state index contributed by atoms with van der Waals surface area (Å²) in [6, 6.07) is 2.29. The van der Waals surface area contributed by atoms with Crippen LogP contribution in [-0.4, -0.2) is 5.11 Å². The van der Waals surface area contributed by atoms with Crippen molar-refractivity contribution in [3.8, 4) is 5.75 Å². The zero-order valence-electron chi connectivity index (χ0n) is 13.9. The fourth-order valence-corrected chi connectivity index (χ4v) is 2.84. The fourth-order valence-electron chi connectivity index (χ4n) is 2.84. The third kappa shape index (κ3) is 4.54. The van der Waals surface area contributed by atoms with Gasteiger partial charge < -0.3 is 5.11 Å². The average Bonchev–Trinajstić information content (AvgIpc) is 2.46. The van der Waals surface area contributed by atoms with E-state index in [0.717, 1.165) is 36.8 Å². The van der Waals surface area contributed by atoms with E-state index in [-0.39, 0.29) is 0 Å². The van der Waals surface area contributed by atoms with Crippen LogP contribution in [0.2, 0.25) is 0 Å². The molecular formula is C19H32O. The first-order chi connectivity index (χ1) is 9.65. The third-order valence-corrected chi connectivity index (χ3v) is 4.23. The predicted octanol–water partition coefficient (Wildman–Crippen LogP) is 5.73. The lowest BCUT2D eigenvalue weighted by Gasteiger charge is -2.17. The van der Waals surface area contributed by atoms with Crippen molar-refractivity contribution < 1.29 is 5.11 Å². The van der Waals surface area contributed by atoms with Crippen LogP contribution < -0.4 is 0 Å². The first-order valence-corrected chi connectivity index (χ1v) is 8.48. The smallest absolute Gasteiger partial charge is 0.121 e. The Labute approximate surface area is 125 Å². The van der Waals surface area contributed by atoms with Crippen molar-refractivity contribution in [3.05, 3.63) is 28.3 Å². The molecule has 0 aliphatic heterocycles. The number of aryl methyl sites for hydroxylation is 2. The molecule has 1 nitrogen and oxygen atoms in total. The van der Waals surface area contributed by atoms with E-state index in [0.29, 0.717) is 5.75 Å². The van der Waals surface area contributed by atoms with E-state index in [1.54, 1.807) is 0 Å². The lowest BCUT2D eigenvalue weighted by Crippen LogP contribution is -2.02. The molecule has 0 unspecified atom stereocenters. The Balaban J connectivity index is 3.09. The van der Waals surface area contributed by atoms with Crippen molar-refractivity contribution in [1.82, 2.24) is 0 Å². The first-order valence-electron chi connectivity index (χ1n) is 8.48. The second-order valence-corrected chi connectivity index (χ2v) is 5.96. The molecule has 0 atom stereocenters. The van der Waals surface area contributed by atoms with E-state index in [1.165, 1.54) is 43.2 Å². The highest BCUT2D eigenvalue weighted by atomic mass is 16.3. The van der Waals surface area contributed by atoms with Gasteiger partial charge in [0.1, 0.15) is 5.75 Å². The molecule has 0 spiro atoms. The third-order valence-electron chi connectivity index (χ3n) is 4.23. The number of rotatable bonds is 9. The predicted molar refractivity (Wildman–Crippen MR) is 88.7 cm³/mol. The standard InChI is InChI=1S/C19H32O/c1-5-8-11-16-14-17(12-9-6-2)19(20)15(4)18(16)13-10-7-3/h14,20H,5-13H2,1-4H3. The van der Waals surface area contributed by atoms with Crippen LogP contribution in [0.4, 0.5) is 0 Å². The molecule has 0 bridgehead atoms. The molecular weight excluding hydrogens is 244 g/mol. The highest BCUT2D eigenvalue weighted by Gasteiger charge is 2.13. The van der Waals surface area contributed by atoms with Crippen LogP contribution >= 0.6 is 0 Å². The van der Waals surface area contributed by atoms with Gasteiger partial charge in [0.25, 0.3) is 0 Å². The molecule has 20 heavy (non-hydrogen) atoms. The highest BCUT2D eigenvalue weighted by molar-refractivity contribution is 5.49. The SMILES string of the molecule is CCCCc1cc(CCCC)c(CCCC)c(C)c1O. The molecule has 1 rings (SSSR count). The highest BCUT2D eigenvalue weighted by Crippen LogP contribution is 2.31. The minimum absolute atomic E-state index is 0.560. The van der Waals surface area contributed by atoms with E-state index < -0.39 is 0 Å². The van der Waals surface area contributed by atoms with Crippen LogP contribution in [0.1, 0.15) is 81.5 Å². The lowest BCUT2D eigenvalue weighted by atomic mass is 9.89. The van der Waals surface area contributed by atoms with Crippen molar-refractivity contribution in [2.45, 2.75) is 85.5 Å². The van der Waals surface area contributed by atoms with Crippen molar-refractivity contribution in [2.24, 2.45) is 0 Å². The summed E-state index contributed by atoms with van der Waals surface area (Å²) in [5, 5.41) is 10.5. The van der Waals surface area contributed by atoms with E-state index in [1.807, 2.05) is 0 Å². The van der Waals surface area contributed by atoms with Crippen molar-refractivity contribution in [1.29, 1.82) is 0 Å². The molecule has 1 aromatic rings. The molecule has 0 aromatic heterocycles. The monoisotopic (exact) mass is 276 g/mol. The zero-order valence-corrected chi connectivity index (χ0v) is 13.9. The molecule has 0 aliphatic carbocycles. The van der Waals surface area contributed by atoms with Gasteiger partial charge in [-0.3, -0.25) is 0 Å². The van der Waals surface area contributed by atoms with Gasteiger partial charge in [-0.2, -0.15) is 0 Å². The van der Waals surface area contributed by atoms with Gasteiger partial charge in [-0.1, -0.05) is 46.1 Å². The minimum Gasteiger partial charge on any atom is -0.507 e. The number of phenolic OH excluding ortho intramolecular Hbond substituents is 1. The molecule has 0 aliphatic rings. The molecule has 0 radical (unpaired) electrons. The maximum Gasteiger partial charge on any atom is 0.121 e. The van der Waals surface area contributed by atoms with Gasteiger partial charge in [0, 0.05) is 0 Å². The topological polar surface area (TPSA) is 20.2 Å². The van der Waals surface area contributed by atoms with Crippen LogP contribution in [0.25, 0.3) is 0 Å². The van der Waals surface area contributed by atoms with Gasteiger partial charge in [-0.05, 0) is 67.7 Å². The summed E-state index contributed by atoms with van der Waals surface area (Å²) in [7, 11) is 0. The number of aromatic hydroxyl groups is 1. The van der Waals surface area contributed by atoms with Gasteiger partial charge in [-0.25, -0.2) is 0 Å². The fraction of sp³-hybridized carbons (Fsp3) is 0.684. The maximum absolute atomic E-state index is 10.5. The van der Waals surface area contributed by atoms with E-state index in [9.17, 15) is 5.11 Å². The normalized spacial score (nSPS) is 11.0. The Bertz CT molecular complexity index is 407. The van der Waals surface area contributed by atoms with Crippen LogP contribution in [0.15, 0.2) is 6.07 Å². The summed E-state index contributed by atoms with van der Waals surface area (Å²) < 4.78 is 0. The molecule has 0 fully saturated rings. The molecule has 1 heteroatoms. The number of hydrogen-bond donors (Lipinski definition) is 1. The molecule has 0 amide bonds. The molecule has 1 N–H and O–H groups in total. The van der Waals surface area contributed by atoms with Gasteiger partial charge in [-0.15, -0.1) is 0 Å². The van der Waals surface area contributed by atoms with Gasteiger partial charge >= 0.3 is 0 Å². The van der Waals surface area contributed by atoms with Crippen LogP contribution in [-0.2, 0) is 19.3 Å². The van der Waals surface area contributed by atoms with Crippen LogP contribution in [0.3, 0.4) is 0 Å². The Hall–Kier alpha value is -0.980. The number of phenols is 1. The van der Waals surface area contributed by atoms with Gasteiger partial charge in [0.05, 0.1) is 0 Å². The van der Waals surface area contributed by atoms with E-state index >= 15 is 0 Å². The van der Waals surface area contributed by atoms with Gasteiger partial charge in [0.15, 0.2) is 0 Å². The molecule has 0 saturated carbocycles. The Morgan fingerprint density at radius 1 is 0.800 bits per heavy atom. The number of benzene rings is 1. The second-order valence-electron chi connectivity index (χ2n) is 5.96. The summed E-state index contributed by atoms with van der Waals surface area (Å²) in [6.45, 7) is 8.79.